The maximum Gasteiger partial charge on any atom is 0.241 e. The molecule has 0 aromatic carbocycles. The topological polar surface area (TPSA) is 44.1 Å². The Morgan fingerprint density at radius 2 is 2.33 bits per heavy atom. The molecule has 1 atom stereocenters. The predicted octanol–water partition coefficient (Wildman–Crippen LogP) is 1.06. The first-order chi connectivity index (χ1) is 5.75. The fourth-order valence-corrected chi connectivity index (χ4v) is 1.60. The molecule has 1 fully saturated rings. The van der Waals surface area contributed by atoms with E-state index in [1.54, 1.807) is 0 Å². The van der Waals surface area contributed by atoms with Crippen molar-refractivity contribution < 1.29 is 4.79 Å². The van der Waals surface area contributed by atoms with Crippen LogP contribution in [0, 0.1) is 0 Å². The van der Waals surface area contributed by atoms with Crippen molar-refractivity contribution in [3.63, 3.8) is 0 Å². The van der Waals surface area contributed by atoms with Gasteiger partial charge in [0.15, 0.2) is 0 Å². The van der Waals surface area contributed by atoms with Crippen LogP contribution >= 0.6 is 0 Å². The second-order valence-electron chi connectivity index (χ2n) is 3.37. The molecule has 0 aromatic heterocycles. The Kier molecular flexibility index (Phi) is 3.53. The van der Waals surface area contributed by atoms with Crippen LogP contribution in [0.3, 0.4) is 0 Å². The third kappa shape index (κ3) is 2.21. The zero-order chi connectivity index (χ0) is 8.97. The summed E-state index contributed by atoms with van der Waals surface area (Å²) < 4.78 is 0. The normalized spacial score (nSPS) is 25.7. The van der Waals surface area contributed by atoms with Gasteiger partial charge < -0.3 is 4.90 Å². The predicted molar refractivity (Wildman–Crippen MR) is 47.6 cm³/mol. The largest absolute Gasteiger partial charge is 0.341 e. The highest BCUT2D eigenvalue weighted by Crippen LogP contribution is 2.11. The molecule has 69 valence electrons. The second kappa shape index (κ2) is 4.45. The summed E-state index contributed by atoms with van der Waals surface area (Å²) >= 11 is 0. The molecule has 1 amide bonds. The Balaban J connectivity index is 2.52. The van der Waals surface area contributed by atoms with Gasteiger partial charge in [-0.1, -0.05) is 6.92 Å². The first-order valence-corrected chi connectivity index (χ1v) is 4.75. The van der Waals surface area contributed by atoms with E-state index in [-0.39, 0.29) is 5.91 Å². The van der Waals surface area contributed by atoms with Crippen molar-refractivity contribution in [1.82, 2.24) is 10.6 Å². The molecular formula is C9H17N2O. The Labute approximate surface area is 73.9 Å². The van der Waals surface area contributed by atoms with Crippen molar-refractivity contribution in [1.29, 1.82) is 0 Å². The van der Waals surface area contributed by atoms with Gasteiger partial charge in [-0.25, -0.2) is 5.73 Å². The number of carbonyl (C=O) groups is 1. The molecule has 0 saturated carbocycles. The average Bonchev–Trinajstić information content (AvgIpc) is 2.20. The van der Waals surface area contributed by atoms with Crippen LogP contribution in [0.5, 0.6) is 0 Å². The molecule has 1 N–H and O–H groups in total. The Hall–Kier alpha value is -0.570. The lowest BCUT2D eigenvalue weighted by Crippen LogP contribution is -2.38. The molecule has 1 heterocycles. The second-order valence-corrected chi connectivity index (χ2v) is 3.37. The maximum atomic E-state index is 11.5. The molecule has 3 heteroatoms. The number of hydrogen-bond acceptors (Lipinski definition) is 1. The van der Waals surface area contributed by atoms with Crippen molar-refractivity contribution in [2.24, 2.45) is 0 Å². The smallest absolute Gasteiger partial charge is 0.241 e. The zero-order valence-corrected chi connectivity index (χ0v) is 7.68. The van der Waals surface area contributed by atoms with E-state index in [1.165, 1.54) is 0 Å². The van der Waals surface area contributed by atoms with Crippen molar-refractivity contribution in [3.05, 3.63) is 0 Å². The first-order valence-electron chi connectivity index (χ1n) is 4.75. The van der Waals surface area contributed by atoms with Crippen LogP contribution in [-0.4, -0.2) is 29.9 Å². The van der Waals surface area contributed by atoms with E-state index in [1.807, 2.05) is 4.90 Å². The van der Waals surface area contributed by atoms with Crippen LogP contribution in [0.4, 0.5) is 0 Å². The Morgan fingerprint density at radius 3 is 3.00 bits per heavy atom. The standard InChI is InChI=1S/C9H17N2O/c1-2-6-11-7-4-3-5-8(10)9(11)12/h8,10H,2-7H2,1H3. The maximum absolute atomic E-state index is 11.5. The van der Waals surface area contributed by atoms with Gasteiger partial charge in [-0.05, 0) is 25.7 Å². The van der Waals surface area contributed by atoms with Crippen LogP contribution in [0.1, 0.15) is 32.6 Å². The van der Waals surface area contributed by atoms with Gasteiger partial charge in [-0.2, -0.15) is 0 Å². The number of carbonyl (C=O) groups excluding carboxylic acids is 1. The molecule has 1 rings (SSSR count). The summed E-state index contributed by atoms with van der Waals surface area (Å²) in [5.41, 5.74) is 7.54. The van der Waals surface area contributed by atoms with Crippen molar-refractivity contribution in [3.8, 4) is 0 Å². The molecule has 1 aliphatic heterocycles. The summed E-state index contributed by atoms with van der Waals surface area (Å²) in [6.07, 6.45) is 3.85. The lowest BCUT2D eigenvalue weighted by Gasteiger charge is -2.21. The van der Waals surface area contributed by atoms with E-state index in [0.717, 1.165) is 38.8 Å². The van der Waals surface area contributed by atoms with Crippen LogP contribution in [0.2, 0.25) is 0 Å². The van der Waals surface area contributed by atoms with E-state index in [2.05, 4.69) is 6.92 Å². The lowest BCUT2D eigenvalue weighted by atomic mass is 10.1. The molecule has 1 aliphatic rings. The number of rotatable bonds is 2. The Bertz CT molecular complexity index is 159. The van der Waals surface area contributed by atoms with Gasteiger partial charge in [0, 0.05) is 13.1 Å². The molecule has 1 unspecified atom stereocenters. The molecule has 3 nitrogen and oxygen atoms in total. The van der Waals surface area contributed by atoms with E-state index >= 15 is 0 Å². The number of nitrogens with zero attached hydrogens (tertiary/aromatic N) is 1. The lowest BCUT2D eigenvalue weighted by molar-refractivity contribution is -0.132. The van der Waals surface area contributed by atoms with Crippen molar-refractivity contribution >= 4 is 5.91 Å². The number of amides is 1. The van der Waals surface area contributed by atoms with Gasteiger partial charge in [-0.15, -0.1) is 0 Å². The average molecular weight is 169 g/mol. The van der Waals surface area contributed by atoms with Crippen LogP contribution in [0.15, 0.2) is 0 Å². The van der Waals surface area contributed by atoms with E-state index in [0.29, 0.717) is 0 Å². The van der Waals surface area contributed by atoms with Gasteiger partial charge >= 0.3 is 0 Å². The molecule has 0 aromatic rings. The molecule has 1 radical (unpaired) electrons. The van der Waals surface area contributed by atoms with E-state index in [4.69, 9.17) is 5.73 Å². The highest BCUT2D eigenvalue weighted by Gasteiger charge is 2.23. The van der Waals surface area contributed by atoms with E-state index < -0.39 is 6.04 Å². The fourth-order valence-electron chi connectivity index (χ4n) is 1.60. The minimum Gasteiger partial charge on any atom is -0.341 e. The van der Waals surface area contributed by atoms with Crippen LogP contribution < -0.4 is 5.73 Å². The SMILES string of the molecule is CCCN1CCCCC([NH])C1=O. The Morgan fingerprint density at radius 1 is 1.58 bits per heavy atom. The zero-order valence-electron chi connectivity index (χ0n) is 7.68. The van der Waals surface area contributed by atoms with Gasteiger partial charge in [0.05, 0.1) is 0 Å². The summed E-state index contributed by atoms with van der Waals surface area (Å²) in [4.78, 5) is 13.3. The van der Waals surface area contributed by atoms with Gasteiger partial charge in [0.25, 0.3) is 0 Å². The van der Waals surface area contributed by atoms with Gasteiger partial charge in [0.2, 0.25) is 5.91 Å². The minimum absolute atomic E-state index is 0.0364. The van der Waals surface area contributed by atoms with E-state index in [9.17, 15) is 4.79 Å². The van der Waals surface area contributed by atoms with Crippen LogP contribution in [0.25, 0.3) is 0 Å². The summed E-state index contributed by atoms with van der Waals surface area (Å²) in [5, 5.41) is 0. The number of likely N-dealkylation sites (tertiary alicyclic amines) is 1. The minimum atomic E-state index is -0.487. The molecule has 1 saturated heterocycles. The number of nitrogens with one attached hydrogen (secondary N) is 1. The molecule has 0 aliphatic carbocycles. The summed E-state index contributed by atoms with van der Waals surface area (Å²) in [6, 6.07) is -0.487. The monoisotopic (exact) mass is 169 g/mol. The molecular weight excluding hydrogens is 152 g/mol. The summed E-state index contributed by atoms with van der Waals surface area (Å²) in [5.74, 6) is 0.0364. The third-order valence-electron chi connectivity index (χ3n) is 2.27. The highest BCUT2D eigenvalue weighted by molar-refractivity contribution is 5.81. The first kappa shape index (κ1) is 9.52. The highest BCUT2D eigenvalue weighted by atomic mass is 16.2. The molecule has 0 spiro atoms. The van der Waals surface area contributed by atoms with Gasteiger partial charge in [0.1, 0.15) is 6.04 Å². The third-order valence-corrected chi connectivity index (χ3v) is 2.27. The fraction of sp³-hybridized carbons (Fsp3) is 0.889. The quantitative estimate of drug-likeness (QED) is 0.609. The van der Waals surface area contributed by atoms with Crippen molar-refractivity contribution in [2.75, 3.05) is 13.1 Å². The summed E-state index contributed by atoms with van der Waals surface area (Å²) in [7, 11) is 0. The van der Waals surface area contributed by atoms with Crippen molar-refractivity contribution in [2.45, 2.75) is 38.6 Å². The number of hydrogen-bond donors (Lipinski definition) is 0. The van der Waals surface area contributed by atoms with Gasteiger partial charge in [-0.3, -0.25) is 4.79 Å². The molecule has 0 bridgehead atoms. The van der Waals surface area contributed by atoms with Crippen LogP contribution in [-0.2, 0) is 4.79 Å². The summed E-state index contributed by atoms with van der Waals surface area (Å²) in [6.45, 7) is 3.76. The molecule has 12 heavy (non-hydrogen) atoms.